The van der Waals surface area contributed by atoms with Gasteiger partial charge < -0.3 is 14.4 Å². The number of aliphatic hydroxyl groups is 1. The summed E-state index contributed by atoms with van der Waals surface area (Å²) in [6.45, 7) is 1.89. The average molecular weight is 457 g/mol. The second-order valence-corrected chi connectivity index (χ2v) is 8.72. The minimum Gasteiger partial charge on any atom is -0.503 e. The fraction of sp³-hybridized carbons (Fsp3) is 0.115. The maximum absolute atomic E-state index is 13.8. The van der Waals surface area contributed by atoms with Crippen LogP contribution in [0.15, 0.2) is 94.8 Å². The van der Waals surface area contributed by atoms with Gasteiger partial charge in [-0.15, -0.1) is 11.3 Å². The molecule has 4 aromatic rings. The summed E-state index contributed by atoms with van der Waals surface area (Å²) in [6, 6.07) is 21.6. The van der Waals surface area contributed by atoms with E-state index in [1.807, 2.05) is 60.7 Å². The Hall–Kier alpha value is -3.97. The highest BCUT2D eigenvalue weighted by molar-refractivity contribution is 7.17. The van der Waals surface area contributed by atoms with Crippen LogP contribution in [-0.4, -0.2) is 26.7 Å². The monoisotopic (exact) mass is 456 g/mol. The van der Waals surface area contributed by atoms with Gasteiger partial charge in [-0.2, -0.15) is 0 Å². The largest absolute Gasteiger partial charge is 0.503 e. The van der Waals surface area contributed by atoms with Crippen LogP contribution >= 0.6 is 11.3 Å². The third-order valence-electron chi connectivity index (χ3n) is 5.59. The van der Waals surface area contributed by atoms with Crippen LogP contribution in [0.4, 0.5) is 0 Å². The van der Waals surface area contributed by atoms with Gasteiger partial charge in [0.1, 0.15) is 10.8 Å². The lowest BCUT2D eigenvalue weighted by molar-refractivity contribution is -0.130. The quantitative estimate of drug-likeness (QED) is 0.388. The van der Waals surface area contributed by atoms with Gasteiger partial charge in [-0.25, -0.2) is 4.98 Å². The normalized spacial score (nSPS) is 16.0. The Morgan fingerprint density at radius 3 is 2.42 bits per heavy atom. The molecule has 0 fully saturated rings. The van der Waals surface area contributed by atoms with Crippen LogP contribution in [0.2, 0.25) is 0 Å². The minimum atomic E-state index is -0.738. The molecule has 0 spiro atoms. The second kappa shape index (κ2) is 8.52. The van der Waals surface area contributed by atoms with Crippen molar-refractivity contribution < 1.29 is 19.1 Å². The van der Waals surface area contributed by atoms with Crippen molar-refractivity contribution in [2.45, 2.75) is 19.5 Å². The third-order valence-corrected chi connectivity index (χ3v) is 6.80. The Balaban J connectivity index is 1.57. The van der Waals surface area contributed by atoms with E-state index in [9.17, 15) is 14.7 Å². The highest BCUT2D eigenvalue weighted by Gasteiger charge is 2.44. The molecule has 0 aliphatic carbocycles. The summed E-state index contributed by atoms with van der Waals surface area (Å²) in [5, 5.41) is 11.6. The zero-order valence-corrected chi connectivity index (χ0v) is 18.6. The van der Waals surface area contributed by atoms with Crippen LogP contribution in [0.3, 0.4) is 0 Å². The third kappa shape index (κ3) is 3.76. The molecule has 7 heteroatoms. The van der Waals surface area contributed by atoms with Crippen molar-refractivity contribution in [3.8, 4) is 10.6 Å². The number of hydrogen-bond acceptors (Lipinski definition) is 6. The molecule has 6 nitrogen and oxygen atoms in total. The van der Waals surface area contributed by atoms with Crippen LogP contribution in [-0.2, 0) is 11.3 Å². The van der Waals surface area contributed by atoms with Crippen molar-refractivity contribution in [2.75, 3.05) is 0 Å². The molecule has 0 saturated heterocycles. The predicted octanol–water partition coefficient (Wildman–Crippen LogP) is 5.49. The van der Waals surface area contributed by atoms with Gasteiger partial charge in [-0.05, 0) is 24.6 Å². The van der Waals surface area contributed by atoms with E-state index in [2.05, 4.69) is 4.98 Å². The molecule has 0 radical (unpaired) electrons. The van der Waals surface area contributed by atoms with Crippen LogP contribution in [0, 0.1) is 6.92 Å². The first kappa shape index (κ1) is 20.9. The van der Waals surface area contributed by atoms with E-state index in [1.165, 1.54) is 22.5 Å². The van der Waals surface area contributed by atoms with Crippen LogP contribution < -0.4 is 0 Å². The summed E-state index contributed by atoms with van der Waals surface area (Å²) in [5.41, 5.74) is 2.26. The zero-order valence-electron chi connectivity index (χ0n) is 17.8. The van der Waals surface area contributed by atoms with E-state index in [1.54, 1.807) is 19.1 Å². The molecule has 1 amide bonds. The summed E-state index contributed by atoms with van der Waals surface area (Å²) in [6.07, 6.45) is 1.53. The summed E-state index contributed by atoms with van der Waals surface area (Å²) >= 11 is 1.26. The van der Waals surface area contributed by atoms with Gasteiger partial charge in [0.2, 0.25) is 5.78 Å². The van der Waals surface area contributed by atoms with E-state index in [4.69, 9.17) is 4.42 Å². The van der Waals surface area contributed by atoms with Crippen LogP contribution in [0.1, 0.15) is 32.7 Å². The number of ketones is 1. The molecular formula is C26H20N2O4S. The van der Waals surface area contributed by atoms with Crippen molar-refractivity contribution in [1.82, 2.24) is 9.88 Å². The summed E-state index contributed by atoms with van der Waals surface area (Å²) < 4.78 is 5.43. The van der Waals surface area contributed by atoms with E-state index < -0.39 is 23.5 Å². The molecule has 1 atom stereocenters. The molecule has 164 valence electrons. The Bertz CT molecular complexity index is 1340. The molecule has 1 unspecified atom stereocenters. The van der Waals surface area contributed by atoms with Gasteiger partial charge in [0, 0.05) is 5.56 Å². The maximum Gasteiger partial charge on any atom is 0.290 e. The predicted molar refractivity (Wildman–Crippen MR) is 125 cm³/mol. The Morgan fingerprint density at radius 1 is 1.06 bits per heavy atom. The van der Waals surface area contributed by atoms with Crippen LogP contribution in [0.5, 0.6) is 0 Å². The van der Waals surface area contributed by atoms with Crippen molar-refractivity contribution in [1.29, 1.82) is 0 Å². The second-order valence-electron chi connectivity index (χ2n) is 7.72. The fourth-order valence-corrected chi connectivity index (χ4v) is 5.06. The highest BCUT2D eigenvalue weighted by atomic mass is 32.1. The summed E-state index contributed by atoms with van der Waals surface area (Å²) in [4.78, 5) is 33.3. The molecule has 5 rings (SSSR count). The molecule has 0 saturated carbocycles. The van der Waals surface area contributed by atoms with Crippen molar-refractivity contribution in [2.24, 2.45) is 0 Å². The number of benzene rings is 2. The highest BCUT2D eigenvalue weighted by Crippen LogP contribution is 2.41. The molecule has 33 heavy (non-hydrogen) atoms. The number of hydrogen-bond donors (Lipinski definition) is 1. The van der Waals surface area contributed by atoms with E-state index >= 15 is 0 Å². The van der Waals surface area contributed by atoms with Gasteiger partial charge in [0.15, 0.2) is 5.76 Å². The number of furan rings is 1. The lowest BCUT2D eigenvalue weighted by Crippen LogP contribution is -2.30. The first-order valence-electron chi connectivity index (χ1n) is 10.4. The van der Waals surface area contributed by atoms with Gasteiger partial charge in [0.05, 0.1) is 35.0 Å². The number of nitrogens with zero attached hydrogens (tertiary/aromatic N) is 2. The van der Waals surface area contributed by atoms with Gasteiger partial charge in [-0.3, -0.25) is 9.59 Å². The lowest BCUT2D eigenvalue weighted by Gasteiger charge is -2.26. The number of Topliss-reactive ketones (excluding diaryl/α,β-unsaturated/α-hetero) is 1. The molecule has 3 heterocycles. The summed E-state index contributed by atoms with van der Waals surface area (Å²) in [7, 11) is 0. The Kier molecular flexibility index (Phi) is 5.40. The van der Waals surface area contributed by atoms with E-state index in [-0.39, 0.29) is 12.1 Å². The molecule has 2 aromatic heterocycles. The van der Waals surface area contributed by atoms with Crippen molar-refractivity contribution in [3.63, 3.8) is 0 Å². The number of carbonyl (C=O) groups excluding carboxylic acids is 2. The SMILES string of the molecule is Cc1nc(-c2ccccc2)sc1C(=O)C1=C(O)C(=O)N(Cc2ccco2)C1c1ccccc1. The zero-order chi connectivity index (χ0) is 22.9. The number of aryl methyl sites for hydroxylation is 1. The first-order chi connectivity index (χ1) is 16.0. The number of amides is 1. The molecule has 2 aromatic carbocycles. The van der Waals surface area contributed by atoms with Crippen molar-refractivity contribution in [3.05, 3.63) is 112 Å². The molecule has 1 N–H and O–H groups in total. The molecule has 0 bridgehead atoms. The smallest absolute Gasteiger partial charge is 0.290 e. The number of carbonyl (C=O) groups is 2. The molecule has 1 aliphatic heterocycles. The molecule has 1 aliphatic rings. The maximum atomic E-state index is 13.8. The average Bonchev–Trinajstić information content (AvgIpc) is 3.55. The van der Waals surface area contributed by atoms with Gasteiger partial charge >= 0.3 is 0 Å². The Labute approximate surface area is 194 Å². The lowest BCUT2D eigenvalue weighted by atomic mass is 9.95. The number of aliphatic hydroxyl groups excluding tert-OH is 1. The van der Waals surface area contributed by atoms with Gasteiger partial charge in [0.25, 0.3) is 5.91 Å². The van der Waals surface area contributed by atoms with Crippen molar-refractivity contribution >= 4 is 23.0 Å². The molecular weight excluding hydrogens is 436 g/mol. The number of rotatable bonds is 6. The standard InChI is InChI=1S/C26H20N2O4S/c1-16-24(33-25(27-16)18-11-6-3-7-12-18)22(29)20-21(17-9-4-2-5-10-17)28(26(31)23(20)30)15-19-13-8-14-32-19/h2-14,21,30H,15H2,1H3. The van der Waals surface area contributed by atoms with E-state index in [0.717, 1.165) is 11.1 Å². The van der Waals surface area contributed by atoms with Gasteiger partial charge in [-0.1, -0.05) is 60.7 Å². The number of aromatic nitrogens is 1. The topological polar surface area (TPSA) is 83.6 Å². The minimum absolute atomic E-state index is 0.0594. The summed E-state index contributed by atoms with van der Waals surface area (Å²) in [5.74, 6) is -0.969. The van der Waals surface area contributed by atoms with E-state index in [0.29, 0.717) is 21.3 Å². The fourth-order valence-electron chi connectivity index (χ4n) is 4.03. The first-order valence-corrected chi connectivity index (χ1v) is 11.2. The Morgan fingerprint density at radius 2 is 1.76 bits per heavy atom. The van der Waals surface area contributed by atoms with Crippen LogP contribution in [0.25, 0.3) is 10.6 Å². The number of thiazole rings is 1.